The molecule has 0 aliphatic heterocycles. The summed E-state index contributed by atoms with van der Waals surface area (Å²) < 4.78 is 10.9. The Balaban J connectivity index is 1.65. The second kappa shape index (κ2) is 12.2. The predicted octanol–water partition coefficient (Wildman–Crippen LogP) is 4.04. The standard InChI is InChI=1S/C29H37N3O7/c1-29(2,3)39-27(36)31(5)16-15-30(4)26(35)24(17-25(33)34)32(6)28(37)38-18-23-21-13-9-7-11-19(21)20-12-8-10-14-22(20)23/h7-14,23-24H,15-18H2,1-6H3,(H,33,34)/t24-/m0/s1. The first-order valence-electron chi connectivity index (χ1n) is 12.8. The van der Waals surface area contributed by atoms with E-state index in [0.29, 0.717) is 0 Å². The van der Waals surface area contributed by atoms with Crippen LogP contribution in [0.1, 0.15) is 44.2 Å². The van der Waals surface area contributed by atoms with Gasteiger partial charge in [-0.3, -0.25) is 14.5 Å². The molecule has 0 bridgehead atoms. The molecule has 0 saturated carbocycles. The number of carboxylic acids is 1. The summed E-state index contributed by atoms with van der Waals surface area (Å²) in [5.74, 6) is -1.98. The van der Waals surface area contributed by atoms with E-state index in [1.807, 2.05) is 48.5 Å². The van der Waals surface area contributed by atoms with Crippen LogP contribution in [0.5, 0.6) is 0 Å². The van der Waals surface area contributed by atoms with Crippen LogP contribution in [-0.4, -0.2) is 96.4 Å². The third-order valence-corrected chi connectivity index (χ3v) is 6.60. The summed E-state index contributed by atoms with van der Waals surface area (Å²) in [6, 6.07) is 14.6. The van der Waals surface area contributed by atoms with Crippen molar-refractivity contribution in [3.8, 4) is 11.1 Å². The number of hydrogen-bond donors (Lipinski definition) is 1. The van der Waals surface area contributed by atoms with Crippen molar-refractivity contribution in [1.82, 2.24) is 14.7 Å². The molecular formula is C29H37N3O7. The van der Waals surface area contributed by atoms with Gasteiger partial charge >= 0.3 is 18.2 Å². The Bertz CT molecular complexity index is 1180. The molecular weight excluding hydrogens is 502 g/mol. The lowest BCUT2D eigenvalue weighted by Gasteiger charge is -2.31. The molecule has 0 unspecified atom stereocenters. The Morgan fingerprint density at radius 1 is 0.846 bits per heavy atom. The van der Waals surface area contributed by atoms with Gasteiger partial charge in [-0.15, -0.1) is 0 Å². The number of carboxylic acid groups (broad SMARTS) is 1. The number of nitrogens with zero attached hydrogens (tertiary/aromatic N) is 3. The van der Waals surface area contributed by atoms with E-state index in [0.717, 1.165) is 27.2 Å². The Labute approximate surface area is 229 Å². The Kier molecular flexibility index (Phi) is 9.21. The minimum absolute atomic E-state index is 0.0434. The third kappa shape index (κ3) is 7.28. The molecule has 0 radical (unpaired) electrons. The monoisotopic (exact) mass is 539 g/mol. The van der Waals surface area contributed by atoms with Crippen molar-refractivity contribution >= 4 is 24.1 Å². The smallest absolute Gasteiger partial charge is 0.410 e. The van der Waals surface area contributed by atoms with Crippen molar-refractivity contribution in [1.29, 1.82) is 0 Å². The fraction of sp³-hybridized carbons (Fsp3) is 0.448. The van der Waals surface area contributed by atoms with Gasteiger partial charge in [-0.1, -0.05) is 48.5 Å². The van der Waals surface area contributed by atoms with E-state index in [9.17, 15) is 24.3 Å². The Morgan fingerprint density at radius 2 is 1.36 bits per heavy atom. The normalized spacial score (nSPS) is 13.1. The molecule has 1 atom stereocenters. The molecule has 0 aromatic heterocycles. The number of ether oxygens (including phenoxy) is 2. The van der Waals surface area contributed by atoms with E-state index in [-0.39, 0.29) is 25.6 Å². The van der Waals surface area contributed by atoms with Gasteiger partial charge in [0, 0.05) is 40.2 Å². The number of hydrogen-bond acceptors (Lipinski definition) is 6. The molecule has 3 amide bonds. The van der Waals surface area contributed by atoms with Crippen LogP contribution < -0.4 is 0 Å². The first kappa shape index (κ1) is 29.5. The van der Waals surface area contributed by atoms with Crippen LogP contribution in [0.3, 0.4) is 0 Å². The molecule has 1 N–H and O–H groups in total. The van der Waals surface area contributed by atoms with E-state index in [2.05, 4.69) is 0 Å². The van der Waals surface area contributed by atoms with E-state index in [1.165, 1.54) is 23.9 Å². The zero-order valence-corrected chi connectivity index (χ0v) is 23.3. The quantitative estimate of drug-likeness (QED) is 0.511. The van der Waals surface area contributed by atoms with Crippen molar-refractivity contribution in [2.45, 2.75) is 44.8 Å². The molecule has 0 fully saturated rings. The summed E-state index contributed by atoms with van der Waals surface area (Å²) in [6.07, 6.45) is -1.93. The number of aliphatic carboxylic acids is 1. The summed E-state index contributed by atoms with van der Waals surface area (Å²) in [7, 11) is 4.39. The minimum Gasteiger partial charge on any atom is -0.481 e. The topological polar surface area (TPSA) is 117 Å². The maximum absolute atomic E-state index is 13.2. The van der Waals surface area contributed by atoms with E-state index < -0.39 is 42.1 Å². The molecule has 3 rings (SSSR count). The maximum atomic E-state index is 13.2. The molecule has 0 spiro atoms. The van der Waals surface area contributed by atoms with Crippen molar-refractivity contribution in [3.05, 3.63) is 59.7 Å². The molecule has 1 aliphatic rings. The highest BCUT2D eigenvalue weighted by Crippen LogP contribution is 2.44. The zero-order chi connectivity index (χ0) is 28.9. The van der Waals surface area contributed by atoms with Gasteiger partial charge in [0.2, 0.25) is 5.91 Å². The molecule has 0 heterocycles. The average molecular weight is 540 g/mol. The second-order valence-electron chi connectivity index (χ2n) is 10.7. The predicted molar refractivity (Wildman–Crippen MR) is 145 cm³/mol. The Hall–Kier alpha value is -4.08. The molecule has 10 heteroatoms. The summed E-state index contributed by atoms with van der Waals surface area (Å²) in [5.41, 5.74) is 3.59. The fourth-order valence-electron chi connectivity index (χ4n) is 4.47. The van der Waals surface area contributed by atoms with Crippen LogP contribution in [0.4, 0.5) is 9.59 Å². The number of likely N-dealkylation sites (N-methyl/N-ethyl adjacent to an activating group) is 3. The second-order valence-corrected chi connectivity index (χ2v) is 10.7. The number of rotatable bonds is 9. The minimum atomic E-state index is -1.28. The number of carbonyl (C=O) groups is 4. The zero-order valence-electron chi connectivity index (χ0n) is 23.3. The van der Waals surface area contributed by atoms with Crippen molar-refractivity contribution in [2.75, 3.05) is 40.8 Å². The van der Waals surface area contributed by atoms with Gasteiger partial charge in [0.05, 0.1) is 6.42 Å². The van der Waals surface area contributed by atoms with Crippen LogP contribution in [0.25, 0.3) is 11.1 Å². The molecule has 1 aliphatic carbocycles. The van der Waals surface area contributed by atoms with Crippen molar-refractivity contribution < 1.29 is 33.8 Å². The van der Waals surface area contributed by atoms with Crippen LogP contribution in [-0.2, 0) is 19.1 Å². The van der Waals surface area contributed by atoms with Gasteiger partial charge in [0.25, 0.3) is 0 Å². The maximum Gasteiger partial charge on any atom is 0.410 e. The summed E-state index contributed by atoms with van der Waals surface area (Å²) in [4.78, 5) is 53.7. The van der Waals surface area contributed by atoms with Crippen molar-refractivity contribution in [2.24, 2.45) is 0 Å². The van der Waals surface area contributed by atoms with Gasteiger partial charge in [-0.25, -0.2) is 9.59 Å². The highest BCUT2D eigenvalue weighted by Gasteiger charge is 2.34. The number of amides is 3. The molecule has 0 saturated heterocycles. The van der Waals surface area contributed by atoms with Gasteiger partial charge in [-0.2, -0.15) is 0 Å². The number of fused-ring (bicyclic) bond motifs is 3. The fourth-order valence-corrected chi connectivity index (χ4v) is 4.47. The van der Waals surface area contributed by atoms with Crippen LogP contribution in [0.2, 0.25) is 0 Å². The van der Waals surface area contributed by atoms with Gasteiger partial charge in [0.1, 0.15) is 18.2 Å². The Morgan fingerprint density at radius 3 is 1.87 bits per heavy atom. The average Bonchev–Trinajstić information content (AvgIpc) is 3.20. The van der Waals surface area contributed by atoms with Crippen molar-refractivity contribution in [3.63, 3.8) is 0 Å². The summed E-state index contributed by atoms with van der Waals surface area (Å²) in [6.45, 7) is 5.58. The molecule has 210 valence electrons. The number of carbonyl (C=O) groups excluding carboxylic acids is 3. The van der Waals surface area contributed by atoms with E-state index >= 15 is 0 Å². The molecule has 2 aromatic carbocycles. The van der Waals surface area contributed by atoms with Crippen LogP contribution in [0, 0.1) is 0 Å². The van der Waals surface area contributed by atoms with Crippen LogP contribution in [0.15, 0.2) is 48.5 Å². The third-order valence-electron chi connectivity index (χ3n) is 6.60. The summed E-state index contributed by atoms with van der Waals surface area (Å²) >= 11 is 0. The highest BCUT2D eigenvalue weighted by atomic mass is 16.6. The SMILES string of the molecule is CN(CCN(C)C(=O)[C@H](CC(=O)O)N(C)C(=O)OCC1c2ccccc2-c2ccccc21)C(=O)OC(C)(C)C. The van der Waals surface area contributed by atoms with Gasteiger partial charge in [0.15, 0.2) is 0 Å². The van der Waals surface area contributed by atoms with Gasteiger partial charge < -0.3 is 24.4 Å². The van der Waals surface area contributed by atoms with E-state index in [4.69, 9.17) is 9.47 Å². The molecule has 39 heavy (non-hydrogen) atoms. The lowest BCUT2D eigenvalue weighted by molar-refractivity contribution is -0.144. The van der Waals surface area contributed by atoms with Gasteiger partial charge in [-0.05, 0) is 43.0 Å². The largest absolute Gasteiger partial charge is 0.481 e. The molecule has 10 nitrogen and oxygen atoms in total. The highest BCUT2D eigenvalue weighted by molar-refractivity contribution is 5.89. The first-order valence-corrected chi connectivity index (χ1v) is 12.8. The number of benzene rings is 2. The first-order chi connectivity index (χ1) is 18.3. The summed E-state index contributed by atoms with van der Waals surface area (Å²) in [5, 5.41) is 9.45. The lowest BCUT2D eigenvalue weighted by atomic mass is 9.98. The van der Waals surface area contributed by atoms with Crippen LogP contribution >= 0.6 is 0 Å². The molecule has 2 aromatic rings. The van der Waals surface area contributed by atoms with E-state index in [1.54, 1.807) is 27.8 Å². The lowest BCUT2D eigenvalue weighted by Crippen LogP contribution is -2.51.